The van der Waals surface area contributed by atoms with E-state index in [-0.39, 0.29) is 12.0 Å². The van der Waals surface area contributed by atoms with Crippen LogP contribution in [0.5, 0.6) is 0 Å². The minimum atomic E-state index is -0.270. The summed E-state index contributed by atoms with van der Waals surface area (Å²) in [7, 11) is 3.62. The summed E-state index contributed by atoms with van der Waals surface area (Å²) < 4.78 is 0. The Hall–Kier alpha value is -0.690. The largest absolute Gasteiger partial charge is 0.390 e. The smallest absolute Gasteiger partial charge is 0.236 e. The molecular formula is C18H36N4O2. The zero-order valence-electron chi connectivity index (χ0n) is 15.8. The van der Waals surface area contributed by atoms with E-state index in [0.717, 1.165) is 64.7 Å². The number of nitrogens with zero attached hydrogens (tertiary/aromatic N) is 4. The lowest BCUT2D eigenvalue weighted by molar-refractivity contribution is -0.129. The van der Waals surface area contributed by atoms with Gasteiger partial charge in [-0.05, 0) is 51.4 Å². The van der Waals surface area contributed by atoms with Gasteiger partial charge in [-0.3, -0.25) is 14.6 Å². The molecule has 0 spiro atoms. The highest BCUT2D eigenvalue weighted by Crippen LogP contribution is 2.16. The van der Waals surface area contributed by atoms with Crippen LogP contribution in [0.15, 0.2) is 0 Å². The van der Waals surface area contributed by atoms with Crippen molar-refractivity contribution in [3.05, 3.63) is 0 Å². The van der Waals surface area contributed by atoms with Crippen LogP contribution in [0.3, 0.4) is 0 Å². The summed E-state index contributed by atoms with van der Waals surface area (Å²) in [5.74, 6) is 1.00. The molecule has 2 aliphatic heterocycles. The Balaban J connectivity index is 1.68. The third-order valence-corrected chi connectivity index (χ3v) is 5.35. The maximum absolute atomic E-state index is 11.9. The summed E-state index contributed by atoms with van der Waals surface area (Å²) in [5, 5.41) is 10.4. The van der Waals surface area contributed by atoms with E-state index in [1.807, 2.05) is 14.1 Å². The maximum atomic E-state index is 11.9. The highest BCUT2D eigenvalue weighted by atomic mass is 16.3. The molecule has 1 atom stereocenters. The summed E-state index contributed by atoms with van der Waals surface area (Å²) in [5.41, 5.74) is 0. The lowest BCUT2D eigenvalue weighted by Gasteiger charge is -2.33. The number of carbonyl (C=O) groups excluding carboxylic acids is 1. The average Bonchev–Trinajstić information content (AvgIpc) is 2.75. The Bertz CT molecular complexity index is 383. The number of hydrogen-bond donors (Lipinski definition) is 1. The van der Waals surface area contributed by atoms with Crippen LogP contribution in [0.1, 0.15) is 26.2 Å². The summed E-state index contributed by atoms with van der Waals surface area (Å²) in [6.07, 6.45) is 3.30. The number of likely N-dealkylation sites (tertiary alicyclic amines) is 1. The molecule has 0 aromatic rings. The number of rotatable bonds is 6. The Morgan fingerprint density at radius 3 is 2.17 bits per heavy atom. The van der Waals surface area contributed by atoms with Gasteiger partial charge in [-0.25, -0.2) is 0 Å². The third kappa shape index (κ3) is 6.67. The summed E-state index contributed by atoms with van der Waals surface area (Å²) >= 11 is 0. The molecule has 2 aliphatic rings. The van der Waals surface area contributed by atoms with Crippen LogP contribution in [0, 0.1) is 5.92 Å². The molecule has 2 saturated heterocycles. The van der Waals surface area contributed by atoms with Gasteiger partial charge in [-0.2, -0.15) is 0 Å². The number of amides is 1. The van der Waals surface area contributed by atoms with Gasteiger partial charge in [0.1, 0.15) is 0 Å². The number of carbonyl (C=O) groups is 1. The first-order valence-corrected chi connectivity index (χ1v) is 9.49. The van der Waals surface area contributed by atoms with Crippen molar-refractivity contribution in [2.24, 2.45) is 5.92 Å². The van der Waals surface area contributed by atoms with Gasteiger partial charge >= 0.3 is 0 Å². The second-order valence-electron chi connectivity index (χ2n) is 7.86. The standard InChI is InChI=1S/C18H36N4O2/c1-16-5-9-22(10-6-16)14-17(23)13-20-7-4-8-21(12-11-20)15-18(24)19(2)3/h16-17,23H,4-15H2,1-3H3. The first-order valence-electron chi connectivity index (χ1n) is 9.49. The van der Waals surface area contributed by atoms with Gasteiger partial charge < -0.3 is 14.9 Å². The van der Waals surface area contributed by atoms with E-state index in [2.05, 4.69) is 21.6 Å². The van der Waals surface area contributed by atoms with Gasteiger partial charge in [0.15, 0.2) is 0 Å². The van der Waals surface area contributed by atoms with Crippen LogP contribution in [0.4, 0.5) is 0 Å². The van der Waals surface area contributed by atoms with Gasteiger partial charge in [-0.1, -0.05) is 6.92 Å². The van der Waals surface area contributed by atoms with E-state index < -0.39 is 0 Å². The van der Waals surface area contributed by atoms with Crippen molar-refractivity contribution in [3.8, 4) is 0 Å². The molecule has 140 valence electrons. The number of β-amino-alcohol motifs (C(OH)–C–C–N with tert-alkyl or cyclic N) is 1. The van der Waals surface area contributed by atoms with Gasteiger partial charge in [0, 0.05) is 40.3 Å². The predicted octanol–water partition coefficient (Wildman–Crippen LogP) is 0.175. The molecule has 6 heteroatoms. The monoisotopic (exact) mass is 340 g/mol. The van der Waals surface area contributed by atoms with E-state index >= 15 is 0 Å². The van der Waals surface area contributed by atoms with Gasteiger partial charge in [0.05, 0.1) is 12.6 Å². The van der Waals surface area contributed by atoms with Gasteiger partial charge in [0.2, 0.25) is 5.91 Å². The van der Waals surface area contributed by atoms with Crippen molar-refractivity contribution in [3.63, 3.8) is 0 Å². The maximum Gasteiger partial charge on any atom is 0.236 e. The fourth-order valence-electron chi connectivity index (χ4n) is 3.60. The second-order valence-corrected chi connectivity index (χ2v) is 7.86. The number of piperidine rings is 1. The Morgan fingerprint density at radius 1 is 1.00 bits per heavy atom. The zero-order valence-corrected chi connectivity index (χ0v) is 15.8. The molecule has 1 amide bonds. The first kappa shape index (κ1) is 19.6. The number of aliphatic hydroxyl groups is 1. The molecule has 2 rings (SSSR count). The van der Waals surface area contributed by atoms with Crippen LogP contribution in [-0.4, -0.2) is 110 Å². The van der Waals surface area contributed by atoms with E-state index in [9.17, 15) is 9.90 Å². The van der Waals surface area contributed by atoms with Crippen LogP contribution in [-0.2, 0) is 4.79 Å². The quantitative estimate of drug-likeness (QED) is 0.747. The van der Waals surface area contributed by atoms with Crippen molar-refractivity contribution in [2.45, 2.75) is 32.3 Å². The normalized spacial score (nSPS) is 23.8. The third-order valence-electron chi connectivity index (χ3n) is 5.35. The van der Waals surface area contributed by atoms with Gasteiger partial charge in [0.25, 0.3) is 0 Å². The zero-order chi connectivity index (χ0) is 17.5. The van der Waals surface area contributed by atoms with E-state index in [1.165, 1.54) is 12.8 Å². The molecule has 24 heavy (non-hydrogen) atoms. The Morgan fingerprint density at radius 2 is 1.54 bits per heavy atom. The molecule has 0 aromatic heterocycles. The van der Waals surface area contributed by atoms with Crippen molar-refractivity contribution >= 4 is 5.91 Å². The van der Waals surface area contributed by atoms with Crippen molar-refractivity contribution in [1.29, 1.82) is 0 Å². The lowest BCUT2D eigenvalue weighted by Crippen LogP contribution is -2.44. The summed E-state index contributed by atoms with van der Waals surface area (Å²) in [6, 6.07) is 0. The fourth-order valence-corrected chi connectivity index (χ4v) is 3.60. The van der Waals surface area contributed by atoms with Crippen LogP contribution >= 0.6 is 0 Å². The van der Waals surface area contributed by atoms with E-state index in [4.69, 9.17) is 0 Å². The molecule has 2 heterocycles. The molecule has 1 N–H and O–H groups in total. The fraction of sp³-hybridized carbons (Fsp3) is 0.944. The minimum absolute atomic E-state index is 0.169. The number of likely N-dealkylation sites (N-methyl/N-ethyl adjacent to an activating group) is 1. The Kier molecular flexibility index (Phi) is 7.94. The van der Waals surface area contributed by atoms with E-state index in [0.29, 0.717) is 6.54 Å². The topological polar surface area (TPSA) is 50.3 Å². The predicted molar refractivity (Wildman–Crippen MR) is 97.0 cm³/mol. The second kappa shape index (κ2) is 9.70. The van der Waals surface area contributed by atoms with Crippen molar-refractivity contribution in [2.75, 3.05) is 73.0 Å². The average molecular weight is 341 g/mol. The molecule has 1 unspecified atom stereocenters. The molecule has 0 saturated carbocycles. The SMILES string of the molecule is CC1CCN(CC(O)CN2CCCN(CC(=O)N(C)C)CC2)CC1. The van der Waals surface area contributed by atoms with Gasteiger partial charge in [-0.15, -0.1) is 0 Å². The van der Waals surface area contributed by atoms with Crippen LogP contribution in [0.2, 0.25) is 0 Å². The number of hydrogen-bond acceptors (Lipinski definition) is 5. The molecule has 0 bridgehead atoms. The molecule has 0 aliphatic carbocycles. The first-order chi connectivity index (χ1) is 11.4. The Labute approximate surface area is 147 Å². The lowest BCUT2D eigenvalue weighted by atomic mass is 9.99. The highest BCUT2D eigenvalue weighted by Gasteiger charge is 2.22. The summed E-state index contributed by atoms with van der Waals surface area (Å²) in [6.45, 7) is 10.5. The van der Waals surface area contributed by atoms with Crippen molar-refractivity contribution < 1.29 is 9.90 Å². The van der Waals surface area contributed by atoms with Crippen LogP contribution < -0.4 is 0 Å². The molecule has 6 nitrogen and oxygen atoms in total. The minimum Gasteiger partial charge on any atom is -0.390 e. The highest BCUT2D eigenvalue weighted by molar-refractivity contribution is 5.77. The molecule has 0 aromatic carbocycles. The molecule has 2 fully saturated rings. The van der Waals surface area contributed by atoms with Crippen molar-refractivity contribution in [1.82, 2.24) is 19.6 Å². The number of aliphatic hydroxyl groups excluding tert-OH is 1. The van der Waals surface area contributed by atoms with E-state index in [1.54, 1.807) is 4.90 Å². The molecule has 0 radical (unpaired) electrons. The van der Waals surface area contributed by atoms with Crippen LogP contribution in [0.25, 0.3) is 0 Å². The molecular weight excluding hydrogens is 304 g/mol. The summed E-state index contributed by atoms with van der Waals surface area (Å²) in [4.78, 5) is 20.5.